The molecule has 1 aromatic heterocycles. The Kier molecular flexibility index (Phi) is 5.03. The zero-order chi connectivity index (χ0) is 16.3. The molecule has 0 saturated heterocycles. The molecule has 0 unspecified atom stereocenters. The summed E-state index contributed by atoms with van der Waals surface area (Å²) in [6.45, 7) is 4.37. The van der Waals surface area contributed by atoms with E-state index in [-0.39, 0.29) is 5.91 Å². The number of carbonyl (C=O) groups is 1. The van der Waals surface area contributed by atoms with Crippen molar-refractivity contribution in [3.8, 4) is 11.5 Å². The van der Waals surface area contributed by atoms with Gasteiger partial charge in [0.2, 0.25) is 0 Å². The summed E-state index contributed by atoms with van der Waals surface area (Å²) < 4.78 is 10.6. The lowest BCUT2D eigenvalue weighted by atomic mass is 10.1. The number of hydrogen-bond acceptors (Lipinski definition) is 5. The van der Waals surface area contributed by atoms with E-state index in [9.17, 15) is 4.79 Å². The molecule has 1 heterocycles. The molecule has 6 heteroatoms. The normalized spacial score (nSPS) is 10.4. The van der Waals surface area contributed by atoms with Crippen LogP contribution in [0.25, 0.3) is 0 Å². The minimum absolute atomic E-state index is 0.0847. The van der Waals surface area contributed by atoms with Crippen LogP contribution < -0.4 is 9.47 Å². The second-order valence-electron chi connectivity index (χ2n) is 5.05. The zero-order valence-electron chi connectivity index (χ0n) is 13.5. The predicted molar refractivity (Wildman–Crippen MR) is 86.9 cm³/mol. The molecule has 0 aliphatic rings. The van der Waals surface area contributed by atoms with Gasteiger partial charge >= 0.3 is 0 Å². The van der Waals surface area contributed by atoms with Gasteiger partial charge in [0.25, 0.3) is 5.91 Å². The Bertz CT molecular complexity index is 682. The first-order valence-corrected chi connectivity index (χ1v) is 7.73. The fraction of sp³-hybridized carbons (Fsp3) is 0.375. The number of benzene rings is 1. The number of rotatable bonds is 5. The maximum atomic E-state index is 12.4. The largest absolute Gasteiger partial charge is 0.493 e. The van der Waals surface area contributed by atoms with Gasteiger partial charge in [-0.3, -0.25) is 4.79 Å². The predicted octanol–water partition coefficient (Wildman–Crippen LogP) is 3.05. The van der Waals surface area contributed by atoms with Gasteiger partial charge in [0.05, 0.1) is 19.2 Å². The number of aryl methyl sites for hydroxylation is 2. The molecule has 2 aromatic rings. The van der Waals surface area contributed by atoms with Gasteiger partial charge in [0, 0.05) is 19.0 Å². The Morgan fingerprint density at radius 3 is 2.41 bits per heavy atom. The number of aromatic nitrogens is 1. The number of hydrogen-bond donors (Lipinski definition) is 0. The lowest BCUT2D eigenvalue weighted by molar-refractivity contribution is 0.0779. The van der Waals surface area contributed by atoms with Gasteiger partial charge < -0.3 is 14.4 Å². The average Bonchev–Trinajstić information content (AvgIpc) is 2.94. The number of amides is 1. The van der Waals surface area contributed by atoms with Crippen LogP contribution in [-0.4, -0.2) is 37.1 Å². The van der Waals surface area contributed by atoms with E-state index in [0.29, 0.717) is 23.7 Å². The second-order valence-corrected chi connectivity index (χ2v) is 6.11. The zero-order valence-corrected chi connectivity index (χ0v) is 14.3. The van der Waals surface area contributed by atoms with E-state index >= 15 is 0 Å². The van der Waals surface area contributed by atoms with Crippen LogP contribution in [0.15, 0.2) is 17.5 Å². The topological polar surface area (TPSA) is 51.7 Å². The van der Waals surface area contributed by atoms with E-state index in [1.54, 1.807) is 31.5 Å². The second kappa shape index (κ2) is 6.79. The number of thiazole rings is 1. The molecule has 0 spiro atoms. The third-order valence-corrected chi connectivity index (χ3v) is 4.21. The molecule has 118 valence electrons. The smallest absolute Gasteiger partial charge is 0.273 e. The Hall–Kier alpha value is -2.08. The summed E-state index contributed by atoms with van der Waals surface area (Å²) in [4.78, 5) is 18.3. The molecule has 0 N–H and O–H groups in total. The van der Waals surface area contributed by atoms with Crippen LogP contribution in [0.2, 0.25) is 0 Å². The molecule has 0 bridgehead atoms. The molecule has 2 rings (SSSR count). The van der Waals surface area contributed by atoms with Gasteiger partial charge in [0.15, 0.2) is 11.5 Å². The van der Waals surface area contributed by atoms with Gasteiger partial charge in [-0.15, -0.1) is 11.3 Å². The molecule has 0 atom stereocenters. The van der Waals surface area contributed by atoms with E-state index < -0.39 is 0 Å². The molecule has 0 aliphatic heterocycles. The fourth-order valence-electron chi connectivity index (χ4n) is 2.18. The quantitative estimate of drug-likeness (QED) is 0.849. The summed E-state index contributed by atoms with van der Waals surface area (Å²) >= 11 is 1.48. The number of methoxy groups -OCH3 is 2. The highest BCUT2D eigenvalue weighted by atomic mass is 32.1. The molecule has 0 saturated carbocycles. The molecular weight excluding hydrogens is 300 g/mol. The van der Waals surface area contributed by atoms with Crippen LogP contribution in [0.1, 0.15) is 26.6 Å². The van der Waals surface area contributed by atoms with Crippen LogP contribution in [0.5, 0.6) is 11.5 Å². The van der Waals surface area contributed by atoms with Gasteiger partial charge in [-0.25, -0.2) is 4.98 Å². The van der Waals surface area contributed by atoms with Gasteiger partial charge in [-0.1, -0.05) is 0 Å². The summed E-state index contributed by atoms with van der Waals surface area (Å²) in [7, 11) is 4.98. The van der Waals surface area contributed by atoms with E-state index in [1.807, 2.05) is 26.0 Å². The van der Waals surface area contributed by atoms with Crippen molar-refractivity contribution in [3.05, 3.63) is 39.3 Å². The van der Waals surface area contributed by atoms with Crippen molar-refractivity contribution < 1.29 is 14.3 Å². The maximum Gasteiger partial charge on any atom is 0.273 e. The summed E-state index contributed by atoms with van der Waals surface area (Å²) in [5, 5.41) is 2.68. The maximum absolute atomic E-state index is 12.4. The first kappa shape index (κ1) is 16.3. The van der Waals surface area contributed by atoms with Crippen molar-refractivity contribution in [2.24, 2.45) is 0 Å². The summed E-state index contributed by atoms with van der Waals surface area (Å²) in [6.07, 6.45) is 0. The van der Waals surface area contributed by atoms with E-state index in [4.69, 9.17) is 9.47 Å². The Labute approximate surface area is 134 Å². The number of ether oxygens (including phenoxy) is 2. The Morgan fingerprint density at radius 1 is 1.23 bits per heavy atom. The van der Waals surface area contributed by atoms with Crippen molar-refractivity contribution in [1.29, 1.82) is 0 Å². The van der Waals surface area contributed by atoms with E-state index in [0.717, 1.165) is 16.1 Å². The fourth-order valence-corrected chi connectivity index (χ4v) is 2.76. The first-order chi connectivity index (χ1) is 10.5. The van der Waals surface area contributed by atoms with Crippen LogP contribution in [0.3, 0.4) is 0 Å². The highest BCUT2D eigenvalue weighted by molar-refractivity contribution is 7.09. The SMILES string of the molecule is COc1cc(C)c(CN(C)C(=O)c2csc(C)n2)cc1OC. The molecule has 0 fully saturated rings. The van der Waals surface area contributed by atoms with Gasteiger partial charge in [-0.05, 0) is 37.1 Å². The molecule has 22 heavy (non-hydrogen) atoms. The van der Waals surface area contributed by atoms with Crippen molar-refractivity contribution >= 4 is 17.2 Å². The third kappa shape index (κ3) is 3.39. The van der Waals surface area contributed by atoms with Crippen LogP contribution in [0, 0.1) is 13.8 Å². The van der Waals surface area contributed by atoms with Crippen molar-refractivity contribution in [3.63, 3.8) is 0 Å². The van der Waals surface area contributed by atoms with Crippen LogP contribution >= 0.6 is 11.3 Å². The molecule has 0 aliphatic carbocycles. The summed E-state index contributed by atoms with van der Waals surface area (Å²) in [5.41, 5.74) is 2.55. The summed E-state index contributed by atoms with van der Waals surface area (Å²) in [5.74, 6) is 1.26. The molecule has 0 radical (unpaired) electrons. The highest BCUT2D eigenvalue weighted by Gasteiger charge is 2.17. The highest BCUT2D eigenvalue weighted by Crippen LogP contribution is 2.30. The van der Waals surface area contributed by atoms with Crippen LogP contribution in [0.4, 0.5) is 0 Å². The van der Waals surface area contributed by atoms with Crippen molar-refractivity contribution in [2.45, 2.75) is 20.4 Å². The van der Waals surface area contributed by atoms with Crippen LogP contribution in [-0.2, 0) is 6.54 Å². The first-order valence-electron chi connectivity index (χ1n) is 6.85. The average molecular weight is 320 g/mol. The van der Waals surface area contributed by atoms with E-state index in [1.165, 1.54) is 11.3 Å². The lowest BCUT2D eigenvalue weighted by Crippen LogP contribution is -2.26. The van der Waals surface area contributed by atoms with E-state index in [2.05, 4.69) is 4.98 Å². The molecular formula is C16H20N2O3S. The third-order valence-electron chi connectivity index (χ3n) is 3.43. The molecule has 5 nitrogen and oxygen atoms in total. The van der Waals surface area contributed by atoms with Gasteiger partial charge in [0.1, 0.15) is 5.69 Å². The molecule has 1 amide bonds. The van der Waals surface area contributed by atoms with Gasteiger partial charge in [-0.2, -0.15) is 0 Å². The van der Waals surface area contributed by atoms with Crippen molar-refractivity contribution in [1.82, 2.24) is 9.88 Å². The Balaban J connectivity index is 2.21. The Morgan fingerprint density at radius 2 is 1.86 bits per heavy atom. The molecule has 1 aromatic carbocycles. The minimum atomic E-state index is -0.0847. The summed E-state index contributed by atoms with van der Waals surface area (Å²) in [6, 6.07) is 3.82. The number of nitrogens with zero attached hydrogens (tertiary/aromatic N) is 2. The monoisotopic (exact) mass is 320 g/mol. The number of carbonyl (C=O) groups excluding carboxylic acids is 1. The lowest BCUT2D eigenvalue weighted by Gasteiger charge is -2.19. The standard InChI is InChI=1S/C16H20N2O3S/c1-10-6-14(20-4)15(21-5)7-12(10)8-18(3)16(19)13-9-22-11(2)17-13/h6-7,9H,8H2,1-5H3. The van der Waals surface area contributed by atoms with Crippen molar-refractivity contribution in [2.75, 3.05) is 21.3 Å². The minimum Gasteiger partial charge on any atom is -0.493 e.